The van der Waals surface area contributed by atoms with E-state index in [1.165, 1.54) is 25.9 Å². The van der Waals surface area contributed by atoms with Crippen molar-refractivity contribution in [1.29, 1.82) is 0 Å². The van der Waals surface area contributed by atoms with E-state index in [1.54, 1.807) is 36.3 Å². The predicted octanol–water partition coefficient (Wildman–Crippen LogP) is 2.01. The summed E-state index contributed by atoms with van der Waals surface area (Å²) in [4.78, 5) is 18.9. The highest BCUT2D eigenvalue weighted by Crippen LogP contribution is 2.20. The number of benzene rings is 2. The summed E-state index contributed by atoms with van der Waals surface area (Å²) in [5.74, 6) is 1.68. The van der Waals surface area contributed by atoms with E-state index < -0.39 is 0 Å². The standard InChI is InChI=1S/C21H24N4O2/c1-24-19-10-7-16(22-21(26)15-5-8-17(27-2)9-6-15)13-18(19)23-20(24)14-25-11-3-4-12-25/h5-10,13H,3-4,11-12,14H2,1-2H3,(H,22,26)/p+1. The lowest BCUT2D eigenvalue weighted by atomic mass is 10.2. The Hall–Kier alpha value is -2.86. The van der Waals surface area contributed by atoms with E-state index in [4.69, 9.17) is 9.72 Å². The topological polar surface area (TPSA) is 60.6 Å². The van der Waals surface area contributed by atoms with Crippen molar-refractivity contribution in [1.82, 2.24) is 9.55 Å². The normalized spacial score (nSPS) is 14.6. The first-order valence-electron chi connectivity index (χ1n) is 9.38. The number of hydrogen-bond acceptors (Lipinski definition) is 3. The van der Waals surface area contributed by atoms with Crippen LogP contribution in [0.1, 0.15) is 29.0 Å². The van der Waals surface area contributed by atoms with Gasteiger partial charge in [0.05, 0.1) is 31.2 Å². The highest BCUT2D eigenvalue weighted by molar-refractivity contribution is 6.05. The molecular formula is C21H25N4O2+. The molecule has 27 heavy (non-hydrogen) atoms. The minimum atomic E-state index is -0.144. The second-order valence-corrected chi connectivity index (χ2v) is 7.11. The summed E-state index contributed by atoms with van der Waals surface area (Å²) in [5.41, 5.74) is 3.35. The number of imidazole rings is 1. The van der Waals surface area contributed by atoms with Gasteiger partial charge in [0.1, 0.15) is 12.3 Å². The molecule has 3 aromatic rings. The van der Waals surface area contributed by atoms with Gasteiger partial charge in [-0.3, -0.25) is 4.79 Å². The Balaban J connectivity index is 1.52. The molecular weight excluding hydrogens is 340 g/mol. The Morgan fingerprint density at radius 2 is 1.93 bits per heavy atom. The molecule has 0 radical (unpaired) electrons. The predicted molar refractivity (Wildman–Crippen MR) is 105 cm³/mol. The lowest BCUT2D eigenvalue weighted by Gasteiger charge is -2.11. The molecule has 140 valence electrons. The number of methoxy groups -OCH3 is 1. The van der Waals surface area contributed by atoms with Crippen molar-refractivity contribution in [3.8, 4) is 5.75 Å². The molecule has 0 unspecified atom stereocenters. The molecule has 1 fully saturated rings. The number of amides is 1. The highest BCUT2D eigenvalue weighted by Gasteiger charge is 2.19. The average molecular weight is 365 g/mol. The maximum atomic E-state index is 12.5. The van der Waals surface area contributed by atoms with E-state index >= 15 is 0 Å². The van der Waals surface area contributed by atoms with E-state index in [1.807, 2.05) is 18.2 Å². The number of carbonyl (C=O) groups excluding carboxylic acids is 1. The lowest BCUT2D eigenvalue weighted by Crippen LogP contribution is -3.08. The van der Waals surface area contributed by atoms with Gasteiger partial charge < -0.3 is 19.5 Å². The number of rotatable bonds is 5. The van der Waals surface area contributed by atoms with Crippen LogP contribution in [-0.4, -0.2) is 35.7 Å². The van der Waals surface area contributed by atoms with Gasteiger partial charge >= 0.3 is 0 Å². The van der Waals surface area contributed by atoms with Crippen molar-refractivity contribution in [2.75, 3.05) is 25.5 Å². The summed E-state index contributed by atoms with van der Waals surface area (Å²) in [7, 11) is 3.67. The van der Waals surface area contributed by atoms with Crippen molar-refractivity contribution < 1.29 is 14.4 Å². The molecule has 6 heteroatoms. The molecule has 1 aromatic heterocycles. The van der Waals surface area contributed by atoms with Crippen molar-refractivity contribution in [3.05, 3.63) is 53.9 Å². The monoisotopic (exact) mass is 365 g/mol. The number of aromatic nitrogens is 2. The molecule has 1 aliphatic heterocycles. The molecule has 2 N–H and O–H groups in total. The lowest BCUT2D eigenvalue weighted by molar-refractivity contribution is -0.902. The van der Waals surface area contributed by atoms with Crippen molar-refractivity contribution >= 4 is 22.6 Å². The fraction of sp³-hybridized carbons (Fsp3) is 0.333. The molecule has 6 nitrogen and oxygen atoms in total. The minimum Gasteiger partial charge on any atom is -0.497 e. The molecule has 0 bridgehead atoms. The van der Waals surface area contributed by atoms with Gasteiger partial charge in [-0.05, 0) is 42.5 Å². The summed E-state index contributed by atoms with van der Waals surface area (Å²) in [6.07, 6.45) is 2.61. The summed E-state index contributed by atoms with van der Waals surface area (Å²) in [5, 5.41) is 2.96. The zero-order chi connectivity index (χ0) is 18.8. The number of likely N-dealkylation sites (tertiary alicyclic amines) is 1. The zero-order valence-corrected chi connectivity index (χ0v) is 15.8. The van der Waals surface area contributed by atoms with Gasteiger partial charge in [-0.15, -0.1) is 0 Å². The number of anilines is 1. The number of nitrogens with one attached hydrogen (secondary N) is 2. The van der Waals surface area contributed by atoms with Crippen molar-refractivity contribution in [2.24, 2.45) is 7.05 Å². The van der Waals surface area contributed by atoms with Gasteiger partial charge in [-0.2, -0.15) is 0 Å². The Morgan fingerprint density at radius 1 is 1.19 bits per heavy atom. The molecule has 1 saturated heterocycles. The van der Waals surface area contributed by atoms with E-state index in [-0.39, 0.29) is 5.91 Å². The molecule has 0 atom stereocenters. The zero-order valence-electron chi connectivity index (χ0n) is 15.8. The maximum Gasteiger partial charge on any atom is 0.255 e. The average Bonchev–Trinajstić information content (AvgIpc) is 3.30. The van der Waals surface area contributed by atoms with Crippen LogP contribution in [0, 0.1) is 0 Å². The largest absolute Gasteiger partial charge is 0.497 e. The molecule has 4 rings (SSSR count). The van der Waals surface area contributed by atoms with E-state index in [0.717, 1.165) is 34.8 Å². The van der Waals surface area contributed by atoms with Crippen LogP contribution in [0.3, 0.4) is 0 Å². The van der Waals surface area contributed by atoms with Gasteiger partial charge in [0.2, 0.25) is 0 Å². The fourth-order valence-electron chi connectivity index (χ4n) is 3.71. The molecule has 2 heterocycles. The molecule has 2 aromatic carbocycles. The Labute approximate surface area is 158 Å². The van der Waals surface area contributed by atoms with Crippen LogP contribution in [0.2, 0.25) is 0 Å². The molecule has 1 aliphatic rings. The Morgan fingerprint density at radius 3 is 2.63 bits per heavy atom. The third kappa shape index (κ3) is 3.66. The van der Waals surface area contributed by atoms with Gasteiger partial charge in [0.25, 0.3) is 5.91 Å². The summed E-state index contributed by atoms with van der Waals surface area (Å²) in [6, 6.07) is 13.0. The minimum absolute atomic E-state index is 0.144. The number of quaternary nitrogens is 1. The van der Waals surface area contributed by atoms with Crippen LogP contribution in [0.5, 0.6) is 5.75 Å². The van der Waals surface area contributed by atoms with Gasteiger partial charge in [-0.25, -0.2) is 4.98 Å². The first-order valence-corrected chi connectivity index (χ1v) is 9.38. The van der Waals surface area contributed by atoms with Crippen molar-refractivity contribution in [2.45, 2.75) is 19.4 Å². The van der Waals surface area contributed by atoms with Gasteiger partial charge in [0, 0.05) is 31.1 Å². The molecule has 0 saturated carbocycles. The number of aryl methyl sites for hydroxylation is 1. The van der Waals surface area contributed by atoms with Crippen LogP contribution in [0.15, 0.2) is 42.5 Å². The van der Waals surface area contributed by atoms with Crippen LogP contribution < -0.4 is 15.0 Å². The number of fused-ring (bicyclic) bond motifs is 1. The van der Waals surface area contributed by atoms with Crippen molar-refractivity contribution in [3.63, 3.8) is 0 Å². The third-order valence-electron chi connectivity index (χ3n) is 5.30. The first-order chi connectivity index (χ1) is 13.1. The van der Waals surface area contributed by atoms with Gasteiger partial charge in [-0.1, -0.05) is 0 Å². The highest BCUT2D eigenvalue weighted by atomic mass is 16.5. The number of carbonyl (C=O) groups is 1. The van der Waals surface area contributed by atoms with E-state index in [2.05, 4.69) is 16.9 Å². The van der Waals surface area contributed by atoms with Crippen LogP contribution in [-0.2, 0) is 13.6 Å². The Kier molecular flexibility index (Phi) is 4.81. The van der Waals surface area contributed by atoms with E-state index in [9.17, 15) is 4.79 Å². The van der Waals surface area contributed by atoms with Crippen LogP contribution in [0.4, 0.5) is 5.69 Å². The molecule has 0 spiro atoms. The summed E-state index contributed by atoms with van der Waals surface area (Å²) in [6.45, 7) is 3.41. The number of nitrogens with zero attached hydrogens (tertiary/aromatic N) is 2. The third-order valence-corrected chi connectivity index (χ3v) is 5.30. The summed E-state index contributed by atoms with van der Waals surface area (Å²) >= 11 is 0. The second-order valence-electron chi connectivity index (χ2n) is 7.11. The van der Waals surface area contributed by atoms with Gasteiger partial charge in [0.15, 0.2) is 5.82 Å². The van der Waals surface area contributed by atoms with Crippen LogP contribution >= 0.6 is 0 Å². The van der Waals surface area contributed by atoms with E-state index in [0.29, 0.717) is 5.56 Å². The maximum absolute atomic E-state index is 12.5. The molecule has 1 amide bonds. The second kappa shape index (κ2) is 7.40. The SMILES string of the molecule is COc1ccc(C(=O)Nc2ccc3c(c2)nc(C[NH+]2CCCC2)n3C)cc1. The quantitative estimate of drug-likeness (QED) is 0.727. The number of ether oxygens (including phenoxy) is 1. The fourth-order valence-corrected chi connectivity index (χ4v) is 3.71. The Bertz CT molecular complexity index is 956. The molecule has 0 aliphatic carbocycles. The number of hydrogen-bond donors (Lipinski definition) is 2. The first kappa shape index (κ1) is 17.5. The summed E-state index contributed by atoms with van der Waals surface area (Å²) < 4.78 is 7.29. The smallest absolute Gasteiger partial charge is 0.255 e. The van der Waals surface area contributed by atoms with Crippen LogP contribution in [0.25, 0.3) is 11.0 Å².